The molecule has 5 rings (SSSR count). The molecule has 0 saturated heterocycles. The van der Waals surface area contributed by atoms with E-state index < -0.39 is 17.7 Å². The monoisotopic (exact) mass is 412 g/mol. The summed E-state index contributed by atoms with van der Waals surface area (Å²) in [6.45, 7) is 0.391. The number of imide groups is 1. The molecule has 1 aliphatic heterocycles. The van der Waals surface area contributed by atoms with Crippen LogP contribution < -0.4 is 11.1 Å². The number of nitrogens with one attached hydrogen (secondary N) is 1. The molecule has 0 spiro atoms. The summed E-state index contributed by atoms with van der Waals surface area (Å²) < 4.78 is 3.85. The summed E-state index contributed by atoms with van der Waals surface area (Å²) in [5, 5.41) is 4.21. The van der Waals surface area contributed by atoms with Gasteiger partial charge in [0, 0.05) is 65.3 Å². The molecule has 7 heteroatoms. The number of carbonyl (C=O) groups is 3. The topological polar surface area (TPSA) is 99.1 Å². The zero-order valence-corrected chi connectivity index (χ0v) is 16.9. The van der Waals surface area contributed by atoms with Gasteiger partial charge in [0.05, 0.1) is 11.1 Å². The fourth-order valence-corrected chi connectivity index (χ4v) is 4.37. The molecule has 0 saturated carbocycles. The van der Waals surface area contributed by atoms with Gasteiger partial charge >= 0.3 is 0 Å². The molecule has 0 unspecified atom stereocenters. The maximum absolute atomic E-state index is 13.0. The smallest absolute Gasteiger partial charge is 0.259 e. The van der Waals surface area contributed by atoms with Crippen LogP contribution >= 0.6 is 0 Å². The molecule has 3 amide bonds. The highest BCUT2D eigenvalue weighted by Crippen LogP contribution is 2.38. The number of para-hydroxylation sites is 2. The molecule has 7 nitrogen and oxygen atoms in total. The van der Waals surface area contributed by atoms with Gasteiger partial charge in [-0.25, -0.2) is 0 Å². The van der Waals surface area contributed by atoms with E-state index in [0.29, 0.717) is 28.8 Å². The number of amides is 3. The van der Waals surface area contributed by atoms with Crippen LogP contribution in [0.25, 0.3) is 33.0 Å². The molecule has 2 aromatic heterocycles. The van der Waals surface area contributed by atoms with Gasteiger partial charge in [-0.2, -0.15) is 0 Å². The number of benzene rings is 2. The summed E-state index contributed by atoms with van der Waals surface area (Å²) in [7, 11) is 1.91. The zero-order valence-electron chi connectivity index (χ0n) is 16.9. The van der Waals surface area contributed by atoms with Gasteiger partial charge < -0.3 is 14.9 Å². The van der Waals surface area contributed by atoms with Gasteiger partial charge in [-0.15, -0.1) is 0 Å². The van der Waals surface area contributed by atoms with Crippen LogP contribution in [-0.4, -0.2) is 26.9 Å². The Balaban J connectivity index is 1.79. The van der Waals surface area contributed by atoms with E-state index in [1.165, 1.54) is 0 Å². The Hall–Kier alpha value is -4.13. The summed E-state index contributed by atoms with van der Waals surface area (Å²) in [5.74, 6) is -1.24. The molecular formula is C24H20N4O3. The molecule has 1 aliphatic rings. The van der Waals surface area contributed by atoms with Gasteiger partial charge in [-0.3, -0.25) is 19.7 Å². The minimum atomic E-state index is -0.425. The van der Waals surface area contributed by atoms with Crippen LogP contribution in [0.2, 0.25) is 0 Å². The van der Waals surface area contributed by atoms with E-state index in [2.05, 4.69) is 5.32 Å². The number of hydrogen-bond donors (Lipinski definition) is 2. The highest BCUT2D eigenvalue weighted by Gasteiger charge is 2.35. The molecule has 154 valence electrons. The van der Waals surface area contributed by atoms with Gasteiger partial charge in [-0.05, 0) is 12.1 Å². The molecular weight excluding hydrogens is 392 g/mol. The first-order chi connectivity index (χ1) is 15.0. The van der Waals surface area contributed by atoms with E-state index >= 15 is 0 Å². The predicted octanol–water partition coefficient (Wildman–Crippen LogP) is 2.58. The standard InChI is InChI=1S/C24H20N4O3/c1-27-12-16(14-6-2-4-8-18(14)27)21-22(24(31)26-23(21)30)17-13-28(11-10-20(25)29)19-9-5-3-7-15(17)19/h2-9,12-13H,10-11H2,1H3,(H2,25,29)(H,26,30,31). The minimum absolute atomic E-state index is 0.179. The second-order valence-electron chi connectivity index (χ2n) is 7.67. The molecule has 0 aliphatic carbocycles. The quantitative estimate of drug-likeness (QED) is 0.493. The van der Waals surface area contributed by atoms with Crippen molar-refractivity contribution < 1.29 is 14.4 Å². The second-order valence-corrected chi connectivity index (χ2v) is 7.67. The normalized spacial score (nSPS) is 14.1. The summed E-state index contributed by atoms with van der Waals surface area (Å²) in [4.78, 5) is 37.2. The van der Waals surface area contributed by atoms with Crippen molar-refractivity contribution >= 4 is 50.7 Å². The number of aryl methyl sites for hydroxylation is 2. The van der Waals surface area contributed by atoms with Crippen molar-refractivity contribution in [1.82, 2.24) is 14.5 Å². The van der Waals surface area contributed by atoms with Gasteiger partial charge in [0.15, 0.2) is 0 Å². The van der Waals surface area contributed by atoms with Crippen LogP contribution in [0.1, 0.15) is 17.5 Å². The van der Waals surface area contributed by atoms with Crippen molar-refractivity contribution in [2.45, 2.75) is 13.0 Å². The molecule has 0 radical (unpaired) electrons. The fraction of sp³-hybridized carbons (Fsp3) is 0.125. The average molecular weight is 412 g/mol. The lowest BCUT2D eigenvalue weighted by Crippen LogP contribution is -2.22. The van der Waals surface area contributed by atoms with Gasteiger partial charge in [0.2, 0.25) is 5.91 Å². The maximum atomic E-state index is 13.0. The van der Waals surface area contributed by atoms with Crippen LogP contribution in [0.4, 0.5) is 0 Å². The Morgan fingerprint density at radius 1 is 0.871 bits per heavy atom. The molecule has 4 aromatic rings. The number of hydrogen-bond acceptors (Lipinski definition) is 3. The lowest BCUT2D eigenvalue weighted by molar-refractivity contribution is -0.123. The molecule has 31 heavy (non-hydrogen) atoms. The Morgan fingerprint density at radius 3 is 2.06 bits per heavy atom. The highest BCUT2D eigenvalue weighted by atomic mass is 16.2. The summed E-state index contributed by atoms with van der Waals surface area (Å²) in [5.41, 5.74) is 9.25. The number of nitrogens with zero attached hydrogens (tertiary/aromatic N) is 2. The van der Waals surface area contributed by atoms with Crippen molar-refractivity contribution in [3.05, 3.63) is 72.1 Å². The third-order valence-corrected chi connectivity index (χ3v) is 5.75. The summed E-state index contributed by atoms with van der Waals surface area (Å²) >= 11 is 0. The first-order valence-electron chi connectivity index (χ1n) is 9.96. The number of carbonyl (C=O) groups excluding carboxylic acids is 3. The first-order valence-corrected chi connectivity index (χ1v) is 9.96. The van der Waals surface area contributed by atoms with Crippen molar-refractivity contribution in [1.29, 1.82) is 0 Å². The number of nitrogens with two attached hydrogens (primary N) is 1. The van der Waals surface area contributed by atoms with Gasteiger partial charge in [-0.1, -0.05) is 36.4 Å². The second kappa shape index (κ2) is 6.98. The Morgan fingerprint density at radius 2 is 1.42 bits per heavy atom. The largest absolute Gasteiger partial charge is 0.370 e. The summed E-state index contributed by atoms with van der Waals surface area (Å²) in [6.07, 6.45) is 3.88. The van der Waals surface area contributed by atoms with E-state index in [1.54, 1.807) is 0 Å². The Bertz CT molecular complexity index is 1440. The van der Waals surface area contributed by atoms with Crippen LogP contribution in [0.5, 0.6) is 0 Å². The van der Waals surface area contributed by atoms with Crippen LogP contribution in [0.15, 0.2) is 60.9 Å². The van der Waals surface area contributed by atoms with E-state index in [0.717, 1.165) is 21.8 Å². The molecule has 0 bridgehead atoms. The maximum Gasteiger partial charge on any atom is 0.259 e. The first kappa shape index (κ1) is 18.9. The Kier molecular flexibility index (Phi) is 4.25. The van der Waals surface area contributed by atoms with Crippen molar-refractivity contribution in [3.8, 4) is 0 Å². The highest BCUT2D eigenvalue weighted by molar-refractivity contribution is 6.50. The predicted molar refractivity (Wildman–Crippen MR) is 119 cm³/mol. The van der Waals surface area contributed by atoms with E-state index in [1.807, 2.05) is 77.1 Å². The van der Waals surface area contributed by atoms with E-state index in [-0.39, 0.29) is 6.42 Å². The molecule has 0 atom stereocenters. The number of fused-ring (bicyclic) bond motifs is 2. The minimum Gasteiger partial charge on any atom is -0.370 e. The van der Waals surface area contributed by atoms with Crippen LogP contribution in [0, 0.1) is 0 Å². The van der Waals surface area contributed by atoms with Crippen LogP contribution in [-0.2, 0) is 28.0 Å². The summed E-state index contributed by atoms with van der Waals surface area (Å²) in [6, 6.07) is 15.4. The molecule has 3 heterocycles. The van der Waals surface area contributed by atoms with E-state index in [4.69, 9.17) is 5.73 Å². The lowest BCUT2D eigenvalue weighted by atomic mass is 9.95. The zero-order chi connectivity index (χ0) is 21.7. The fourth-order valence-electron chi connectivity index (χ4n) is 4.37. The van der Waals surface area contributed by atoms with Crippen molar-refractivity contribution in [3.63, 3.8) is 0 Å². The SMILES string of the molecule is Cn1cc(C2=C(c3cn(CCC(N)=O)c4ccccc34)C(=O)NC2=O)c2ccccc21. The average Bonchev–Trinajstić information content (AvgIpc) is 3.37. The number of rotatable bonds is 5. The number of primary amides is 1. The van der Waals surface area contributed by atoms with E-state index in [9.17, 15) is 14.4 Å². The van der Waals surface area contributed by atoms with Crippen molar-refractivity contribution in [2.75, 3.05) is 0 Å². The molecule has 2 aromatic carbocycles. The lowest BCUT2D eigenvalue weighted by Gasteiger charge is -2.03. The third-order valence-electron chi connectivity index (χ3n) is 5.75. The molecule has 3 N–H and O–H groups in total. The third kappa shape index (κ3) is 2.93. The van der Waals surface area contributed by atoms with Crippen molar-refractivity contribution in [2.24, 2.45) is 12.8 Å². The Labute approximate surface area is 177 Å². The van der Waals surface area contributed by atoms with Gasteiger partial charge in [0.1, 0.15) is 0 Å². The van der Waals surface area contributed by atoms with Gasteiger partial charge in [0.25, 0.3) is 11.8 Å². The molecule has 0 fully saturated rings. The number of aromatic nitrogens is 2. The van der Waals surface area contributed by atoms with Crippen LogP contribution in [0.3, 0.4) is 0 Å².